The lowest BCUT2D eigenvalue weighted by Gasteiger charge is -2.25. The largest absolute Gasteiger partial charge is 0.497 e. The molecule has 0 fully saturated rings. The first-order valence-corrected chi connectivity index (χ1v) is 8.11. The maximum Gasteiger partial charge on any atom is 0.119 e. The molecule has 0 amide bonds. The molecule has 119 valence electrons. The predicted octanol–water partition coefficient (Wildman–Crippen LogP) is 3.97. The van der Waals surface area contributed by atoms with Gasteiger partial charge < -0.3 is 14.4 Å². The third-order valence-corrected chi connectivity index (χ3v) is 4.12. The van der Waals surface area contributed by atoms with Crippen LogP contribution >= 0.6 is 0 Å². The summed E-state index contributed by atoms with van der Waals surface area (Å²) in [5.74, 6) is 1.67. The highest BCUT2D eigenvalue weighted by Gasteiger charge is 2.12. The molecule has 0 spiro atoms. The lowest BCUT2D eigenvalue weighted by molar-refractivity contribution is 0.415. The Hall–Kier alpha value is -2.72. The Morgan fingerprint density at radius 2 is 0.917 bits per heavy atom. The smallest absolute Gasteiger partial charge is 0.119 e. The average molecular weight is 332 g/mol. The second-order valence-corrected chi connectivity index (χ2v) is 5.86. The van der Waals surface area contributed by atoms with E-state index in [-0.39, 0.29) is 0 Å². The molecule has 4 heteroatoms. The van der Waals surface area contributed by atoms with Gasteiger partial charge in [0.05, 0.1) is 24.5 Å². The van der Waals surface area contributed by atoms with Crippen molar-refractivity contribution >= 4 is 32.5 Å². The fourth-order valence-electron chi connectivity index (χ4n) is 2.52. The van der Waals surface area contributed by atoms with E-state index in [4.69, 9.17) is 9.47 Å². The molecule has 0 N–H and O–H groups in total. The molecule has 3 nitrogen and oxygen atoms in total. The van der Waals surface area contributed by atoms with Crippen LogP contribution in [-0.4, -0.2) is 24.5 Å². The summed E-state index contributed by atoms with van der Waals surface area (Å²) < 4.78 is 10.5. The SMILES string of the molecule is COc1ccc(N(c2ccc([Si])cc2)c2ccc(OC)cc2)cc1. The van der Waals surface area contributed by atoms with Crippen LogP contribution in [0.2, 0.25) is 0 Å². The lowest BCUT2D eigenvalue weighted by atomic mass is 10.2. The van der Waals surface area contributed by atoms with Crippen LogP contribution in [0, 0.1) is 0 Å². The summed E-state index contributed by atoms with van der Waals surface area (Å²) in [6.45, 7) is 0. The fraction of sp³-hybridized carbons (Fsp3) is 0.100. The minimum Gasteiger partial charge on any atom is -0.497 e. The second kappa shape index (κ2) is 7.23. The molecule has 0 bridgehead atoms. The number of nitrogens with zero attached hydrogens (tertiary/aromatic N) is 1. The van der Waals surface area contributed by atoms with E-state index in [1.165, 1.54) is 0 Å². The number of methoxy groups -OCH3 is 2. The van der Waals surface area contributed by atoms with Crippen LogP contribution in [0.5, 0.6) is 11.5 Å². The topological polar surface area (TPSA) is 21.7 Å². The molecule has 3 aromatic carbocycles. The van der Waals surface area contributed by atoms with Crippen molar-refractivity contribution in [1.82, 2.24) is 0 Å². The molecule has 0 saturated heterocycles. The predicted molar refractivity (Wildman–Crippen MR) is 99.6 cm³/mol. The van der Waals surface area contributed by atoms with Crippen LogP contribution in [-0.2, 0) is 0 Å². The Morgan fingerprint density at radius 1 is 0.583 bits per heavy atom. The van der Waals surface area contributed by atoms with Crippen molar-refractivity contribution in [3.63, 3.8) is 0 Å². The zero-order valence-corrected chi connectivity index (χ0v) is 14.7. The van der Waals surface area contributed by atoms with Crippen LogP contribution in [0.25, 0.3) is 0 Å². The molecule has 24 heavy (non-hydrogen) atoms. The minimum absolute atomic E-state index is 0.837. The molecule has 0 aliphatic rings. The molecule has 3 aromatic rings. The minimum atomic E-state index is 0.837. The first-order valence-electron chi connectivity index (χ1n) is 7.61. The molecule has 0 aliphatic carbocycles. The van der Waals surface area contributed by atoms with Gasteiger partial charge in [0.25, 0.3) is 0 Å². The highest BCUT2D eigenvalue weighted by Crippen LogP contribution is 2.35. The maximum atomic E-state index is 5.26. The van der Waals surface area contributed by atoms with Crippen molar-refractivity contribution in [2.75, 3.05) is 19.1 Å². The van der Waals surface area contributed by atoms with Crippen molar-refractivity contribution in [2.45, 2.75) is 0 Å². The van der Waals surface area contributed by atoms with Gasteiger partial charge in [-0.3, -0.25) is 0 Å². The third-order valence-electron chi connectivity index (χ3n) is 3.79. The van der Waals surface area contributed by atoms with E-state index < -0.39 is 0 Å². The number of benzene rings is 3. The molecule has 0 unspecified atom stereocenters. The summed E-state index contributed by atoms with van der Waals surface area (Å²) >= 11 is 0. The molecule has 0 saturated carbocycles. The van der Waals surface area contributed by atoms with Crippen LogP contribution in [0.15, 0.2) is 72.8 Å². The molecule has 0 heterocycles. The Labute approximate surface area is 145 Å². The zero-order valence-electron chi connectivity index (χ0n) is 13.7. The van der Waals surface area contributed by atoms with Crippen LogP contribution in [0.3, 0.4) is 0 Å². The Balaban J connectivity index is 2.06. The molecule has 0 atom stereocenters. The zero-order chi connectivity index (χ0) is 16.9. The van der Waals surface area contributed by atoms with Crippen molar-refractivity contribution < 1.29 is 9.47 Å². The van der Waals surface area contributed by atoms with Gasteiger partial charge in [0, 0.05) is 17.1 Å². The van der Waals surface area contributed by atoms with Crippen LogP contribution in [0.4, 0.5) is 17.1 Å². The monoisotopic (exact) mass is 332 g/mol. The summed E-state index contributed by atoms with van der Waals surface area (Å²) in [4.78, 5) is 2.19. The molecule has 3 rings (SSSR count). The fourth-order valence-corrected chi connectivity index (χ4v) is 2.69. The van der Waals surface area contributed by atoms with E-state index >= 15 is 0 Å². The first-order chi connectivity index (χ1) is 11.7. The van der Waals surface area contributed by atoms with Gasteiger partial charge in [-0.25, -0.2) is 0 Å². The Morgan fingerprint density at radius 3 is 1.25 bits per heavy atom. The highest BCUT2D eigenvalue weighted by atomic mass is 28.1. The summed E-state index contributed by atoms with van der Waals surface area (Å²) in [7, 11) is 6.89. The van der Waals surface area contributed by atoms with E-state index in [0.717, 1.165) is 33.7 Å². The second-order valence-electron chi connectivity index (χ2n) is 5.28. The van der Waals surface area contributed by atoms with E-state index in [0.29, 0.717) is 0 Å². The van der Waals surface area contributed by atoms with Crippen LogP contribution in [0.1, 0.15) is 0 Å². The average Bonchev–Trinajstić information content (AvgIpc) is 2.64. The van der Waals surface area contributed by atoms with Crippen molar-refractivity contribution in [3.05, 3.63) is 72.8 Å². The molecule has 0 aromatic heterocycles. The van der Waals surface area contributed by atoms with Gasteiger partial charge in [0.2, 0.25) is 0 Å². The maximum absolute atomic E-state index is 5.26. The van der Waals surface area contributed by atoms with E-state index in [1.807, 2.05) is 60.7 Å². The van der Waals surface area contributed by atoms with Gasteiger partial charge in [-0.2, -0.15) is 0 Å². The van der Waals surface area contributed by atoms with Gasteiger partial charge in [-0.1, -0.05) is 17.3 Å². The Bertz CT molecular complexity index is 736. The van der Waals surface area contributed by atoms with Crippen LogP contribution < -0.4 is 19.6 Å². The van der Waals surface area contributed by atoms with Gasteiger partial charge in [-0.05, 0) is 60.7 Å². The summed E-state index contributed by atoms with van der Waals surface area (Å²) in [5.41, 5.74) is 3.19. The van der Waals surface area contributed by atoms with Gasteiger partial charge in [0.15, 0.2) is 0 Å². The standard InChI is InChI=1S/C20H18NO2Si/c1-22-18-9-3-15(4-10-18)21(17-7-13-20(24)14-8-17)16-5-11-19(23-2)12-6-16/h3-14H,1-2H3. The molecule has 0 aliphatic heterocycles. The van der Waals surface area contributed by atoms with E-state index in [2.05, 4.69) is 27.3 Å². The van der Waals surface area contributed by atoms with Gasteiger partial charge in [-0.15, -0.1) is 0 Å². The normalized spacial score (nSPS) is 10.3. The summed E-state index contributed by atoms with van der Waals surface area (Å²) in [6, 6.07) is 24.3. The quantitative estimate of drug-likeness (QED) is 0.660. The molecule has 3 radical (unpaired) electrons. The lowest BCUT2D eigenvalue weighted by Crippen LogP contribution is -2.11. The van der Waals surface area contributed by atoms with Gasteiger partial charge in [0.1, 0.15) is 11.5 Å². The molecular weight excluding hydrogens is 314 g/mol. The van der Waals surface area contributed by atoms with Crippen molar-refractivity contribution in [3.8, 4) is 11.5 Å². The number of hydrogen-bond donors (Lipinski definition) is 0. The van der Waals surface area contributed by atoms with E-state index in [1.54, 1.807) is 14.2 Å². The van der Waals surface area contributed by atoms with Crippen molar-refractivity contribution in [1.29, 1.82) is 0 Å². The number of hydrogen-bond acceptors (Lipinski definition) is 3. The summed E-state index contributed by atoms with van der Waals surface area (Å²) in [5, 5.41) is 1.04. The number of anilines is 3. The third kappa shape index (κ3) is 3.44. The van der Waals surface area contributed by atoms with Gasteiger partial charge >= 0.3 is 0 Å². The molecular formula is C20H18NO2Si. The summed E-state index contributed by atoms with van der Waals surface area (Å²) in [6.07, 6.45) is 0. The van der Waals surface area contributed by atoms with Crippen molar-refractivity contribution in [2.24, 2.45) is 0 Å². The Kier molecular flexibility index (Phi) is 4.87. The van der Waals surface area contributed by atoms with E-state index in [9.17, 15) is 0 Å². The first kappa shape index (κ1) is 16.1. The number of rotatable bonds is 5. The number of ether oxygens (including phenoxy) is 2. The highest BCUT2D eigenvalue weighted by molar-refractivity contribution is 6.32.